The van der Waals surface area contributed by atoms with Gasteiger partial charge in [0.05, 0.1) is 23.8 Å². The monoisotopic (exact) mass is 366 g/mol. The van der Waals surface area contributed by atoms with Crippen LogP contribution >= 0.6 is 0 Å². The highest BCUT2D eigenvalue weighted by atomic mass is 16.6. The lowest BCUT2D eigenvalue weighted by Gasteiger charge is -2.19. The standard InChI is InChI=1S/C18H18N6O3/c1-11-12(2)24(10-21-11)17-19-8-14(9-20-17)23-18(25)22-13-3-4-15-16(7-13)27-6-5-26-15/h3-4,7-10H,5-6H2,1-2H3,(H2,22,23,25). The van der Waals surface area contributed by atoms with Gasteiger partial charge in [-0.1, -0.05) is 0 Å². The van der Waals surface area contributed by atoms with Crippen LogP contribution < -0.4 is 20.1 Å². The van der Waals surface area contributed by atoms with Gasteiger partial charge in [-0.15, -0.1) is 0 Å². The Labute approximate surface area is 155 Å². The molecule has 1 aromatic carbocycles. The summed E-state index contributed by atoms with van der Waals surface area (Å²) in [6.45, 7) is 4.87. The van der Waals surface area contributed by atoms with Gasteiger partial charge in [0.15, 0.2) is 11.5 Å². The average Bonchev–Trinajstić information content (AvgIpc) is 3.01. The molecule has 0 unspecified atom stereocenters. The van der Waals surface area contributed by atoms with Crippen LogP contribution in [0.15, 0.2) is 36.9 Å². The van der Waals surface area contributed by atoms with Crippen molar-refractivity contribution in [3.63, 3.8) is 0 Å². The third-order valence-corrected chi connectivity index (χ3v) is 4.16. The van der Waals surface area contributed by atoms with E-state index in [0.29, 0.717) is 42.0 Å². The van der Waals surface area contributed by atoms with Crippen molar-refractivity contribution in [2.45, 2.75) is 13.8 Å². The summed E-state index contributed by atoms with van der Waals surface area (Å²) >= 11 is 0. The molecule has 9 nitrogen and oxygen atoms in total. The number of fused-ring (bicyclic) bond motifs is 1. The van der Waals surface area contributed by atoms with Crippen molar-refractivity contribution in [2.24, 2.45) is 0 Å². The van der Waals surface area contributed by atoms with Crippen LogP contribution in [-0.4, -0.2) is 38.8 Å². The molecular formula is C18H18N6O3. The number of nitrogens with one attached hydrogen (secondary N) is 2. The Morgan fingerprint density at radius 1 is 1.00 bits per heavy atom. The first-order valence-electron chi connectivity index (χ1n) is 8.41. The molecule has 3 aromatic rings. The van der Waals surface area contributed by atoms with E-state index in [2.05, 4.69) is 25.6 Å². The summed E-state index contributed by atoms with van der Waals surface area (Å²) in [5.41, 5.74) is 2.95. The molecule has 0 spiro atoms. The highest BCUT2D eigenvalue weighted by Crippen LogP contribution is 2.32. The SMILES string of the molecule is Cc1ncn(-c2ncc(NC(=O)Nc3ccc4c(c3)OCCO4)cn2)c1C. The predicted molar refractivity (Wildman–Crippen MR) is 98.7 cm³/mol. The highest BCUT2D eigenvalue weighted by molar-refractivity contribution is 5.99. The Balaban J connectivity index is 1.41. The minimum absolute atomic E-state index is 0.405. The lowest BCUT2D eigenvalue weighted by molar-refractivity contribution is 0.171. The number of amides is 2. The van der Waals surface area contributed by atoms with E-state index in [1.165, 1.54) is 0 Å². The lowest BCUT2D eigenvalue weighted by atomic mass is 10.2. The first kappa shape index (κ1) is 16.8. The molecule has 0 atom stereocenters. The molecule has 2 N–H and O–H groups in total. The van der Waals surface area contributed by atoms with Crippen LogP contribution in [0.5, 0.6) is 11.5 Å². The largest absolute Gasteiger partial charge is 0.486 e. The van der Waals surface area contributed by atoms with E-state index in [9.17, 15) is 4.79 Å². The number of hydrogen-bond donors (Lipinski definition) is 2. The van der Waals surface area contributed by atoms with Crippen LogP contribution in [0.3, 0.4) is 0 Å². The van der Waals surface area contributed by atoms with Gasteiger partial charge >= 0.3 is 6.03 Å². The summed E-state index contributed by atoms with van der Waals surface area (Å²) in [6, 6.07) is 4.82. The number of imidazole rings is 1. The maximum absolute atomic E-state index is 12.2. The number of carbonyl (C=O) groups excluding carboxylic acids is 1. The number of aryl methyl sites for hydroxylation is 1. The minimum Gasteiger partial charge on any atom is -0.486 e. The fraction of sp³-hybridized carbons (Fsp3) is 0.222. The van der Waals surface area contributed by atoms with Gasteiger partial charge in [-0.3, -0.25) is 4.57 Å². The Bertz CT molecular complexity index is 983. The number of anilines is 2. The van der Waals surface area contributed by atoms with Crippen molar-refractivity contribution in [1.82, 2.24) is 19.5 Å². The Morgan fingerprint density at radius 3 is 2.41 bits per heavy atom. The van der Waals surface area contributed by atoms with Gasteiger partial charge in [0.2, 0.25) is 5.95 Å². The number of nitrogens with zero attached hydrogens (tertiary/aromatic N) is 4. The highest BCUT2D eigenvalue weighted by Gasteiger charge is 2.13. The summed E-state index contributed by atoms with van der Waals surface area (Å²) in [5.74, 6) is 1.77. The molecule has 0 fully saturated rings. The van der Waals surface area contributed by atoms with Crippen LogP contribution in [0.25, 0.3) is 5.95 Å². The maximum atomic E-state index is 12.2. The Morgan fingerprint density at radius 2 is 1.70 bits per heavy atom. The molecule has 0 bridgehead atoms. The summed E-state index contributed by atoms with van der Waals surface area (Å²) in [7, 11) is 0. The molecule has 0 radical (unpaired) electrons. The number of urea groups is 1. The molecular weight excluding hydrogens is 348 g/mol. The molecule has 4 rings (SSSR count). The second-order valence-corrected chi connectivity index (χ2v) is 5.99. The smallest absolute Gasteiger partial charge is 0.323 e. The first-order chi connectivity index (χ1) is 13.1. The summed E-state index contributed by atoms with van der Waals surface area (Å²) in [6.07, 6.45) is 4.75. The summed E-state index contributed by atoms with van der Waals surface area (Å²) in [4.78, 5) is 25.0. The number of rotatable bonds is 3. The van der Waals surface area contributed by atoms with Crippen molar-refractivity contribution >= 4 is 17.4 Å². The second-order valence-electron chi connectivity index (χ2n) is 5.99. The van der Waals surface area contributed by atoms with Crippen molar-refractivity contribution in [3.05, 3.63) is 48.3 Å². The molecule has 1 aliphatic heterocycles. The van der Waals surface area contributed by atoms with Crippen LogP contribution in [0.1, 0.15) is 11.4 Å². The van der Waals surface area contributed by atoms with E-state index in [-0.39, 0.29) is 0 Å². The second kappa shape index (κ2) is 6.94. The minimum atomic E-state index is -0.405. The fourth-order valence-electron chi connectivity index (χ4n) is 2.63. The van der Waals surface area contributed by atoms with Crippen LogP contribution in [0.4, 0.5) is 16.2 Å². The molecule has 27 heavy (non-hydrogen) atoms. The van der Waals surface area contributed by atoms with E-state index in [1.54, 1.807) is 41.5 Å². The fourth-order valence-corrected chi connectivity index (χ4v) is 2.63. The Kier molecular flexibility index (Phi) is 4.33. The number of carbonyl (C=O) groups is 1. The molecule has 0 saturated heterocycles. The van der Waals surface area contributed by atoms with Crippen LogP contribution in [-0.2, 0) is 0 Å². The first-order valence-corrected chi connectivity index (χ1v) is 8.41. The van der Waals surface area contributed by atoms with Gasteiger partial charge in [0.25, 0.3) is 0 Å². The van der Waals surface area contributed by atoms with E-state index in [0.717, 1.165) is 11.4 Å². The zero-order valence-corrected chi connectivity index (χ0v) is 14.9. The van der Waals surface area contributed by atoms with Gasteiger partial charge in [-0.25, -0.2) is 19.7 Å². The zero-order chi connectivity index (χ0) is 18.8. The van der Waals surface area contributed by atoms with Crippen molar-refractivity contribution in [1.29, 1.82) is 0 Å². The van der Waals surface area contributed by atoms with E-state index in [4.69, 9.17) is 9.47 Å². The van der Waals surface area contributed by atoms with Crippen molar-refractivity contribution in [2.75, 3.05) is 23.8 Å². The number of aromatic nitrogens is 4. The molecule has 1 aliphatic rings. The van der Waals surface area contributed by atoms with Gasteiger partial charge in [0.1, 0.15) is 19.5 Å². The van der Waals surface area contributed by atoms with E-state index in [1.807, 2.05) is 13.8 Å². The van der Waals surface area contributed by atoms with Crippen molar-refractivity contribution in [3.8, 4) is 17.4 Å². The van der Waals surface area contributed by atoms with Gasteiger partial charge in [0, 0.05) is 17.4 Å². The average molecular weight is 366 g/mol. The molecule has 3 heterocycles. The van der Waals surface area contributed by atoms with Gasteiger partial charge in [-0.05, 0) is 26.0 Å². The quantitative estimate of drug-likeness (QED) is 0.739. The molecule has 2 aromatic heterocycles. The van der Waals surface area contributed by atoms with E-state index >= 15 is 0 Å². The van der Waals surface area contributed by atoms with Crippen molar-refractivity contribution < 1.29 is 14.3 Å². The summed E-state index contributed by atoms with van der Waals surface area (Å²) in [5, 5.41) is 5.44. The number of hydrogen-bond acceptors (Lipinski definition) is 6. The molecule has 138 valence electrons. The maximum Gasteiger partial charge on any atom is 0.323 e. The summed E-state index contributed by atoms with van der Waals surface area (Å²) < 4.78 is 12.8. The van der Waals surface area contributed by atoms with Crippen LogP contribution in [0.2, 0.25) is 0 Å². The van der Waals surface area contributed by atoms with Crippen LogP contribution in [0, 0.1) is 13.8 Å². The Hall–Kier alpha value is -3.62. The molecule has 2 amide bonds. The normalized spacial score (nSPS) is 12.5. The predicted octanol–water partition coefficient (Wildman–Crippen LogP) is 2.69. The molecule has 9 heteroatoms. The number of benzene rings is 1. The van der Waals surface area contributed by atoms with E-state index < -0.39 is 6.03 Å². The van der Waals surface area contributed by atoms with Gasteiger partial charge < -0.3 is 20.1 Å². The molecule has 0 saturated carbocycles. The third-order valence-electron chi connectivity index (χ3n) is 4.16. The van der Waals surface area contributed by atoms with Gasteiger partial charge in [-0.2, -0.15) is 0 Å². The zero-order valence-electron chi connectivity index (χ0n) is 14.9. The topological polar surface area (TPSA) is 103 Å². The number of ether oxygens (including phenoxy) is 2. The molecule has 0 aliphatic carbocycles. The third kappa shape index (κ3) is 3.52. The lowest BCUT2D eigenvalue weighted by Crippen LogP contribution is -2.20.